The van der Waals surface area contributed by atoms with Crippen molar-refractivity contribution >= 4 is 34.8 Å². The molecule has 0 aliphatic heterocycles. The van der Waals surface area contributed by atoms with E-state index in [1.54, 1.807) is 28.8 Å². The quantitative estimate of drug-likeness (QED) is 0.377. The van der Waals surface area contributed by atoms with Crippen molar-refractivity contribution in [3.05, 3.63) is 52.3 Å². The number of amides is 1. The number of halogens is 3. The van der Waals surface area contributed by atoms with Crippen LogP contribution in [0.2, 0.25) is 10.0 Å². The number of carbonyl (C=O) groups excluding carboxylic acids is 1. The standard InChI is InChI=1S/C23H26Cl2FN3O2/c1-3-10-28(11-4-2)21(30)14-20-22(16-5-7-18(8-6-16)31-12-9-26)27-23-19(25)13-17(24)15-29(20)23/h5-8,13,15H,3-4,9-12,14H2,1-2H3. The van der Waals surface area contributed by atoms with Crippen LogP contribution in [0.5, 0.6) is 5.75 Å². The first-order valence-electron chi connectivity index (χ1n) is 10.4. The smallest absolute Gasteiger partial charge is 0.228 e. The summed E-state index contributed by atoms with van der Waals surface area (Å²) in [7, 11) is 0. The van der Waals surface area contributed by atoms with Gasteiger partial charge in [0.05, 0.1) is 27.9 Å². The van der Waals surface area contributed by atoms with Crippen LogP contribution in [0.3, 0.4) is 0 Å². The highest BCUT2D eigenvalue weighted by Gasteiger charge is 2.22. The van der Waals surface area contributed by atoms with Crippen molar-refractivity contribution in [3.63, 3.8) is 0 Å². The van der Waals surface area contributed by atoms with Crippen molar-refractivity contribution in [1.29, 1.82) is 0 Å². The zero-order chi connectivity index (χ0) is 22.4. The number of imidazole rings is 1. The molecular weight excluding hydrogens is 440 g/mol. The van der Waals surface area contributed by atoms with E-state index in [1.165, 1.54) is 0 Å². The first kappa shape index (κ1) is 23.4. The molecule has 166 valence electrons. The van der Waals surface area contributed by atoms with E-state index in [9.17, 15) is 9.18 Å². The van der Waals surface area contributed by atoms with Gasteiger partial charge in [-0.25, -0.2) is 9.37 Å². The van der Waals surface area contributed by atoms with Gasteiger partial charge in [-0.2, -0.15) is 0 Å². The zero-order valence-corrected chi connectivity index (χ0v) is 19.2. The minimum atomic E-state index is -0.550. The number of ether oxygens (including phenoxy) is 1. The molecule has 0 saturated carbocycles. The second-order valence-electron chi connectivity index (χ2n) is 7.23. The van der Waals surface area contributed by atoms with E-state index < -0.39 is 6.67 Å². The molecule has 0 fully saturated rings. The molecule has 0 N–H and O–H groups in total. The minimum Gasteiger partial charge on any atom is -0.491 e. The van der Waals surface area contributed by atoms with Gasteiger partial charge in [-0.05, 0) is 43.2 Å². The van der Waals surface area contributed by atoms with E-state index >= 15 is 0 Å². The number of rotatable bonds is 10. The van der Waals surface area contributed by atoms with Crippen LogP contribution in [0, 0.1) is 0 Å². The van der Waals surface area contributed by atoms with Crippen molar-refractivity contribution in [2.45, 2.75) is 33.1 Å². The highest BCUT2D eigenvalue weighted by molar-refractivity contribution is 6.36. The number of fused-ring (bicyclic) bond motifs is 1. The van der Waals surface area contributed by atoms with E-state index in [-0.39, 0.29) is 18.9 Å². The number of nitrogens with zero attached hydrogens (tertiary/aromatic N) is 3. The SMILES string of the molecule is CCCN(CCC)C(=O)Cc1c(-c2ccc(OCCF)cc2)nc2c(Cl)cc(Cl)cn12. The third-order valence-electron chi connectivity index (χ3n) is 4.87. The molecule has 0 atom stereocenters. The molecule has 0 unspecified atom stereocenters. The summed E-state index contributed by atoms with van der Waals surface area (Å²) in [4.78, 5) is 19.7. The van der Waals surface area contributed by atoms with Crippen LogP contribution in [0.25, 0.3) is 16.9 Å². The Morgan fingerprint density at radius 1 is 1.16 bits per heavy atom. The fourth-order valence-electron chi connectivity index (χ4n) is 3.54. The Balaban J connectivity index is 2.04. The molecule has 2 aromatic heterocycles. The van der Waals surface area contributed by atoms with Crippen LogP contribution in [0.15, 0.2) is 36.5 Å². The number of pyridine rings is 1. The predicted molar refractivity (Wildman–Crippen MR) is 123 cm³/mol. The fourth-order valence-corrected chi connectivity index (χ4v) is 4.05. The van der Waals surface area contributed by atoms with Gasteiger partial charge < -0.3 is 14.0 Å². The minimum absolute atomic E-state index is 0.00621. The number of hydrogen-bond acceptors (Lipinski definition) is 3. The van der Waals surface area contributed by atoms with Crippen molar-refractivity contribution in [1.82, 2.24) is 14.3 Å². The molecule has 0 spiro atoms. The van der Waals surface area contributed by atoms with Crippen LogP contribution in [0.4, 0.5) is 4.39 Å². The number of hydrogen-bond donors (Lipinski definition) is 0. The molecule has 0 saturated heterocycles. The number of carbonyl (C=O) groups is 1. The summed E-state index contributed by atoms with van der Waals surface area (Å²) in [6, 6.07) is 8.84. The maximum absolute atomic E-state index is 13.1. The summed E-state index contributed by atoms with van der Waals surface area (Å²) in [6.45, 7) is 4.99. The first-order chi connectivity index (χ1) is 15.0. The van der Waals surface area contributed by atoms with Gasteiger partial charge in [0.1, 0.15) is 19.0 Å². The van der Waals surface area contributed by atoms with Gasteiger partial charge in [0, 0.05) is 24.8 Å². The lowest BCUT2D eigenvalue weighted by atomic mass is 10.1. The summed E-state index contributed by atoms with van der Waals surface area (Å²) in [5.74, 6) is 0.603. The molecule has 31 heavy (non-hydrogen) atoms. The average molecular weight is 466 g/mol. The highest BCUT2D eigenvalue weighted by atomic mass is 35.5. The number of benzene rings is 1. The molecule has 3 aromatic rings. The van der Waals surface area contributed by atoms with Gasteiger partial charge in [-0.1, -0.05) is 37.0 Å². The number of aromatic nitrogens is 2. The Morgan fingerprint density at radius 3 is 2.45 bits per heavy atom. The lowest BCUT2D eigenvalue weighted by Crippen LogP contribution is -2.34. The molecule has 8 heteroatoms. The van der Waals surface area contributed by atoms with Gasteiger partial charge in [0.15, 0.2) is 5.65 Å². The van der Waals surface area contributed by atoms with Crippen LogP contribution in [0.1, 0.15) is 32.4 Å². The molecule has 2 heterocycles. The molecule has 0 aliphatic rings. The monoisotopic (exact) mass is 465 g/mol. The lowest BCUT2D eigenvalue weighted by Gasteiger charge is -2.21. The summed E-state index contributed by atoms with van der Waals surface area (Å²) in [5.41, 5.74) is 2.73. The van der Waals surface area contributed by atoms with Crippen LogP contribution >= 0.6 is 23.2 Å². The Bertz CT molecular complexity index is 1030. The molecule has 1 aromatic carbocycles. The van der Waals surface area contributed by atoms with Gasteiger partial charge in [0.25, 0.3) is 0 Å². The topological polar surface area (TPSA) is 46.8 Å². The average Bonchev–Trinajstić information content (AvgIpc) is 3.11. The molecule has 5 nitrogen and oxygen atoms in total. The Kier molecular flexibility index (Phi) is 8.15. The largest absolute Gasteiger partial charge is 0.491 e. The van der Waals surface area contributed by atoms with E-state index in [1.807, 2.05) is 17.0 Å². The van der Waals surface area contributed by atoms with E-state index in [0.29, 0.717) is 40.2 Å². The van der Waals surface area contributed by atoms with Crippen molar-refractivity contribution in [2.24, 2.45) is 0 Å². The van der Waals surface area contributed by atoms with Gasteiger partial charge in [0.2, 0.25) is 5.91 Å². The predicted octanol–water partition coefficient (Wildman–Crippen LogP) is 5.85. The first-order valence-corrected chi connectivity index (χ1v) is 11.2. The number of alkyl halides is 1. The maximum atomic E-state index is 13.1. The normalized spacial score (nSPS) is 11.1. The second-order valence-corrected chi connectivity index (χ2v) is 8.07. The van der Waals surface area contributed by atoms with Crippen molar-refractivity contribution < 1.29 is 13.9 Å². The molecule has 0 bridgehead atoms. The van der Waals surface area contributed by atoms with Crippen molar-refractivity contribution in [3.8, 4) is 17.0 Å². The summed E-state index contributed by atoms with van der Waals surface area (Å²) in [6.07, 6.45) is 3.69. The Morgan fingerprint density at radius 2 is 1.84 bits per heavy atom. The van der Waals surface area contributed by atoms with E-state index in [0.717, 1.165) is 24.1 Å². The van der Waals surface area contributed by atoms with Gasteiger partial charge in [-0.3, -0.25) is 4.79 Å². The Hall–Kier alpha value is -2.31. The summed E-state index contributed by atoms with van der Waals surface area (Å²) < 4.78 is 19.5. The molecule has 0 aliphatic carbocycles. The van der Waals surface area contributed by atoms with Gasteiger partial charge in [-0.15, -0.1) is 0 Å². The van der Waals surface area contributed by atoms with E-state index in [2.05, 4.69) is 13.8 Å². The molecular formula is C23H26Cl2FN3O2. The summed E-state index contributed by atoms with van der Waals surface area (Å²) in [5, 5.41) is 0.874. The van der Waals surface area contributed by atoms with Crippen LogP contribution < -0.4 is 4.74 Å². The van der Waals surface area contributed by atoms with Crippen LogP contribution in [-0.2, 0) is 11.2 Å². The zero-order valence-electron chi connectivity index (χ0n) is 17.7. The second kappa shape index (κ2) is 10.8. The van der Waals surface area contributed by atoms with Crippen molar-refractivity contribution in [2.75, 3.05) is 26.4 Å². The van der Waals surface area contributed by atoms with Crippen LogP contribution in [-0.4, -0.2) is 46.6 Å². The summed E-state index contributed by atoms with van der Waals surface area (Å²) >= 11 is 12.6. The maximum Gasteiger partial charge on any atom is 0.228 e. The highest BCUT2D eigenvalue weighted by Crippen LogP contribution is 2.31. The third-order valence-corrected chi connectivity index (χ3v) is 5.36. The Labute approximate surface area is 191 Å². The lowest BCUT2D eigenvalue weighted by molar-refractivity contribution is -0.130. The fraction of sp³-hybridized carbons (Fsp3) is 0.391. The van der Waals surface area contributed by atoms with Gasteiger partial charge >= 0.3 is 0 Å². The van der Waals surface area contributed by atoms with E-state index in [4.69, 9.17) is 32.9 Å². The molecule has 1 amide bonds. The molecule has 3 rings (SSSR count). The molecule has 0 radical (unpaired) electrons. The third kappa shape index (κ3) is 5.49.